The highest BCUT2D eigenvalue weighted by atomic mass is 32.1. The fraction of sp³-hybridized carbons (Fsp3) is 0.217. The van der Waals surface area contributed by atoms with Crippen LogP contribution < -0.4 is 21.4 Å². The minimum atomic E-state index is -2.57. The predicted octanol–water partition coefficient (Wildman–Crippen LogP) is 3.81. The molecule has 3 N–H and O–H groups in total. The van der Waals surface area contributed by atoms with Gasteiger partial charge in [-0.3, -0.25) is 0 Å². The van der Waals surface area contributed by atoms with Crippen molar-refractivity contribution in [3.8, 4) is 0 Å². The molecule has 0 atom stereocenters. The third kappa shape index (κ3) is 4.72. The Hall–Kier alpha value is -2.54. The van der Waals surface area contributed by atoms with Gasteiger partial charge in [-0.05, 0) is 45.3 Å². The van der Waals surface area contributed by atoms with Crippen molar-refractivity contribution in [2.75, 3.05) is 5.32 Å². The van der Waals surface area contributed by atoms with Crippen LogP contribution in [0.15, 0.2) is 79.0 Å². The lowest BCUT2D eigenvalue weighted by Crippen LogP contribution is -2.66. The Balaban J connectivity index is 2.04. The van der Waals surface area contributed by atoms with E-state index < -0.39 is 8.32 Å². The van der Waals surface area contributed by atoms with Crippen LogP contribution in [0, 0.1) is 0 Å². The number of nitrogens with zero attached hydrogens (tertiary/aromatic N) is 1. The number of nitrogens with two attached hydrogens (primary N) is 1. The highest BCUT2D eigenvalue weighted by Crippen LogP contribution is 2.37. The molecule has 0 unspecified atom stereocenters. The minimum absolute atomic E-state index is 0.0668. The number of pyridine rings is 1. The Kier molecular flexibility index (Phi) is 6.47. The number of benzene rings is 2. The van der Waals surface area contributed by atoms with Gasteiger partial charge in [0.2, 0.25) is 0 Å². The highest BCUT2D eigenvalue weighted by molar-refractivity contribution is 7.80. The number of anilines is 1. The van der Waals surface area contributed by atoms with Gasteiger partial charge in [0.05, 0.1) is 6.61 Å². The van der Waals surface area contributed by atoms with Crippen LogP contribution in [0.1, 0.15) is 26.3 Å². The van der Waals surface area contributed by atoms with E-state index in [0.29, 0.717) is 12.4 Å². The lowest BCUT2D eigenvalue weighted by molar-refractivity contribution is 0.286. The molecule has 1 heterocycles. The average molecular weight is 422 g/mol. The third-order valence-electron chi connectivity index (χ3n) is 4.95. The Morgan fingerprint density at radius 2 is 1.55 bits per heavy atom. The molecule has 6 heteroatoms. The predicted molar refractivity (Wildman–Crippen MR) is 127 cm³/mol. The number of nitrogens with one attached hydrogen (secondary N) is 1. The van der Waals surface area contributed by atoms with E-state index in [0.717, 1.165) is 5.56 Å². The molecule has 0 aliphatic carbocycles. The Bertz CT molecular complexity index is 919. The maximum atomic E-state index is 6.93. The standard InChI is InChI=1S/C23H27N3OSSi/c1-23(2,3)29(19-10-6-4-7-11-19,20-12-8-5-9-13-20)27-17-18-14-15-25-21(16-18)26-22(24)28/h4-16H,17H2,1-3H3,(H3,24,25,26,28). The number of hydrogen-bond acceptors (Lipinski definition) is 3. The molecule has 0 saturated heterocycles. The SMILES string of the molecule is CC(C)(C)[Si](OCc1ccnc(NC(N)=S)c1)(c1ccccc1)c1ccccc1. The second kappa shape index (κ2) is 8.86. The van der Waals surface area contributed by atoms with Crippen LogP contribution in [0.4, 0.5) is 5.82 Å². The van der Waals surface area contributed by atoms with Crippen LogP contribution in [0.3, 0.4) is 0 Å². The van der Waals surface area contributed by atoms with E-state index in [9.17, 15) is 0 Å². The largest absolute Gasteiger partial charge is 0.403 e. The van der Waals surface area contributed by atoms with Crippen molar-refractivity contribution in [2.24, 2.45) is 5.73 Å². The van der Waals surface area contributed by atoms with Gasteiger partial charge in [-0.15, -0.1) is 0 Å². The molecule has 0 spiro atoms. The maximum Gasteiger partial charge on any atom is 0.261 e. The molecule has 4 nitrogen and oxygen atoms in total. The monoisotopic (exact) mass is 421 g/mol. The maximum absolute atomic E-state index is 6.93. The van der Waals surface area contributed by atoms with Gasteiger partial charge in [-0.1, -0.05) is 81.4 Å². The summed E-state index contributed by atoms with van der Waals surface area (Å²) in [5.41, 5.74) is 6.60. The van der Waals surface area contributed by atoms with E-state index in [4.69, 9.17) is 22.4 Å². The number of rotatable bonds is 6. The van der Waals surface area contributed by atoms with Crippen LogP contribution in [-0.2, 0) is 11.0 Å². The fourth-order valence-corrected chi connectivity index (χ4v) is 8.36. The molecule has 0 radical (unpaired) electrons. The van der Waals surface area contributed by atoms with Gasteiger partial charge in [0, 0.05) is 6.20 Å². The van der Waals surface area contributed by atoms with Crippen LogP contribution in [-0.4, -0.2) is 18.4 Å². The van der Waals surface area contributed by atoms with Gasteiger partial charge in [-0.2, -0.15) is 0 Å². The summed E-state index contributed by atoms with van der Waals surface area (Å²) in [6.45, 7) is 7.28. The van der Waals surface area contributed by atoms with Gasteiger partial charge in [-0.25, -0.2) is 4.98 Å². The molecule has 0 aliphatic heterocycles. The zero-order chi connectivity index (χ0) is 20.9. The molecule has 0 saturated carbocycles. The fourth-order valence-electron chi connectivity index (χ4n) is 3.71. The molecule has 2 aromatic carbocycles. The first-order chi connectivity index (χ1) is 13.8. The summed E-state index contributed by atoms with van der Waals surface area (Å²) in [7, 11) is -2.57. The first-order valence-electron chi connectivity index (χ1n) is 9.59. The summed E-state index contributed by atoms with van der Waals surface area (Å²) >= 11 is 4.92. The second-order valence-electron chi connectivity index (χ2n) is 7.99. The molecule has 0 amide bonds. The zero-order valence-corrected chi connectivity index (χ0v) is 18.9. The van der Waals surface area contributed by atoms with E-state index in [1.54, 1.807) is 6.20 Å². The average Bonchev–Trinajstić information content (AvgIpc) is 2.69. The summed E-state index contributed by atoms with van der Waals surface area (Å²) in [4.78, 5) is 4.27. The van der Waals surface area contributed by atoms with E-state index in [-0.39, 0.29) is 10.2 Å². The lowest BCUT2D eigenvalue weighted by Gasteiger charge is -2.43. The number of thiocarbonyl (C=S) groups is 1. The second-order valence-corrected chi connectivity index (χ2v) is 12.7. The molecule has 29 heavy (non-hydrogen) atoms. The molecular formula is C23H27N3OSSi. The Morgan fingerprint density at radius 1 is 1.00 bits per heavy atom. The minimum Gasteiger partial charge on any atom is -0.403 e. The van der Waals surface area contributed by atoms with Crippen molar-refractivity contribution in [1.29, 1.82) is 0 Å². The molecule has 3 aromatic rings. The van der Waals surface area contributed by atoms with Crippen LogP contribution in [0.25, 0.3) is 0 Å². The van der Waals surface area contributed by atoms with E-state index >= 15 is 0 Å². The molecule has 1 aromatic heterocycles. The van der Waals surface area contributed by atoms with Crippen molar-refractivity contribution in [3.63, 3.8) is 0 Å². The molecule has 3 rings (SSSR count). The Morgan fingerprint density at radius 3 is 2.03 bits per heavy atom. The summed E-state index contributed by atoms with van der Waals surface area (Å²) < 4.78 is 6.93. The van der Waals surface area contributed by atoms with E-state index in [1.807, 2.05) is 24.3 Å². The van der Waals surface area contributed by atoms with Gasteiger partial charge in [0.15, 0.2) is 5.11 Å². The van der Waals surface area contributed by atoms with Crippen molar-refractivity contribution >= 4 is 41.8 Å². The first kappa shape index (κ1) is 21.2. The smallest absolute Gasteiger partial charge is 0.261 e. The van der Waals surface area contributed by atoms with Crippen molar-refractivity contribution in [1.82, 2.24) is 4.98 Å². The molecule has 0 bridgehead atoms. The molecule has 150 valence electrons. The molecule has 0 aliphatic rings. The zero-order valence-electron chi connectivity index (χ0n) is 17.1. The molecular weight excluding hydrogens is 394 g/mol. The van der Waals surface area contributed by atoms with Crippen molar-refractivity contribution in [2.45, 2.75) is 32.4 Å². The van der Waals surface area contributed by atoms with Crippen LogP contribution in [0.5, 0.6) is 0 Å². The summed E-state index contributed by atoms with van der Waals surface area (Å²) in [6.07, 6.45) is 1.74. The topological polar surface area (TPSA) is 60.2 Å². The van der Waals surface area contributed by atoms with E-state index in [2.05, 4.69) is 79.6 Å². The van der Waals surface area contributed by atoms with E-state index in [1.165, 1.54) is 10.4 Å². The Labute approximate surface area is 179 Å². The summed E-state index contributed by atoms with van der Waals surface area (Å²) in [6, 6.07) is 25.1. The van der Waals surface area contributed by atoms with Gasteiger partial charge < -0.3 is 15.5 Å². The highest BCUT2D eigenvalue weighted by Gasteiger charge is 2.50. The summed E-state index contributed by atoms with van der Waals surface area (Å²) in [5, 5.41) is 5.54. The first-order valence-corrected chi connectivity index (χ1v) is 11.9. The summed E-state index contributed by atoms with van der Waals surface area (Å²) in [5.74, 6) is 0.626. The molecule has 0 fully saturated rings. The van der Waals surface area contributed by atoms with Crippen molar-refractivity contribution in [3.05, 3.63) is 84.6 Å². The number of aromatic nitrogens is 1. The third-order valence-corrected chi connectivity index (χ3v) is 10.0. The lowest BCUT2D eigenvalue weighted by atomic mass is 10.2. The van der Waals surface area contributed by atoms with Crippen LogP contribution in [0.2, 0.25) is 5.04 Å². The van der Waals surface area contributed by atoms with Gasteiger partial charge in [0.25, 0.3) is 8.32 Å². The quantitative estimate of drug-likeness (QED) is 0.468. The number of hydrogen-bond donors (Lipinski definition) is 2. The van der Waals surface area contributed by atoms with Gasteiger partial charge >= 0.3 is 0 Å². The van der Waals surface area contributed by atoms with Crippen molar-refractivity contribution < 1.29 is 4.43 Å². The van der Waals surface area contributed by atoms with Gasteiger partial charge in [0.1, 0.15) is 5.82 Å². The normalized spacial score (nSPS) is 11.8. The van der Waals surface area contributed by atoms with Crippen LogP contribution >= 0.6 is 12.2 Å².